The predicted molar refractivity (Wildman–Crippen MR) is 116 cm³/mol. The van der Waals surface area contributed by atoms with Crippen molar-refractivity contribution in [2.45, 2.75) is 27.7 Å². The van der Waals surface area contributed by atoms with E-state index in [1.807, 2.05) is 0 Å². The maximum atomic E-state index is 2.21. The Bertz CT molecular complexity index is 833. The summed E-state index contributed by atoms with van der Waals surface area (Å²) in [7, 11) is 0. The summed E-state index contributed by atoms with van der Waals surface area (Å²) in [6.45, 7) is 8.56. The van der Waals surface area contributed by atoms with Crippen molar-refractivity contribution in [1.82, 2.24) is 0 Å². The molecule has 0 heteroatoms. The van der Waals surface area contributed by atoms with Crippen LogP contribution in [0.15, 0.2) is 60.7 Å². The van der Waals surface area contributed by atoms with Gasteiger partial charge in [0.2, 0.25) is 0 Å². The maximum absolute atomic E-state index is 2.21. The van der Waals surface area contributed by atoms with Crippen LogP contribution in [0.5, 0.6) is 0 Å². The predicted octanol–water partition coefficient (Wildman–Crippen LogP) is 7.26. The summed E-state index contributed by atoms with van der Waals surface area (Å²) in [5.41, 5.74) is 10.1. The molecule has 26 heavy (non-hydrogen) atoms. The molecule has 3 aromatic carbocycles. The third-order valence-electron chi connectivity index (χ3n) is 4.36. The van der Waals surface area contributed by atoms with E-state index in [1.165, 1.54) is 44.5 Å². The first-order chi connectivity index (χ1) is 12.5. The minimum atomic E-state index is 1.22. The topological polar surface area (TPSA) is 0 Å². The van der Waals surface area contributed by atoms with Crippen LogP contribution in [-0.2, 0) is 0 Å². The van der Waals surface area contributed by atoms with Gasteiger partial charge < -0.3 is 0 Å². The van der Waals surface area contributed by atoms with Crippen molar-refractivity contribution in [3.05, 3.63) is 105 Å². The van der Waals surface area contributed by atoms with Gasteiger partial charge in [0.25, 0.3) is 0 Å². The lowest BCUT2D eigenvalue weighted by atomic mass is 10.0. The van der Waals surface area contributed by atoms with Gasteiger partial charge in [0, 0.05) is 0 Å². The van der Waals surface area contributed by atoms with E-state index >= 15 is 0 Å². The summed E-state index contributed by atoms with van der Waals surface area (Å²) in [5, 5.41) is 0. The molecule has 0 heterocycles. The molecule has 0 N–H and O–H groups in total. The van der Waals surface area contributed by atoms with E-state index in [9.17, 15) is 0 Å². The zero-order valence-electron chi connectivity index (χ0n) is 16.1. The molecule has 0 aliphatic heterocycles. The molecule has 0 bridgehead atoms. The van der Waals surface area contributed by atoms with Crippen LogP contribution in [0.2, 0.25) is 0 Å². The first-order valence-electron chi connectivity index (χ1n) is 9.11. The Morgan fingerprint density at radius 2 is 0.654 bits per heavy atom. The van der Waals surface area contributed by atoms with Gasteiger partial charge in [0.15, 0.2) is 0 Å². The van der Waals surface area contributed by atoms with Crippen LogP contribution >= 0.6 is 0 Å². The molecule has 130 valence electrons. The molecule has 3 aromatic rings. The lowest BCUT2D eigenvalue weighted by Crippen LogP contribution is -1.81. The van der Waals surface area contributed by atoms with E-state index in [1.54, 1.807) is 0 Å². The van der Waals surface area contributed by atoms with E-state index in [0.717, 1.165) is 0 Å². The second-order valence-electron chi connectivity index (χ2n) is 7.18. The number of rotatable bonds is 4. The van der Waals surface area contributed by atoms with Crippen molar-refractivity contribution < 1.29 is 0 Å². The van der Waals surface area contributed by atoms with Crippen molar-refractivity contribution in [2.75, 3.05) is 0 Å². The van der Waals surface area contributed by atoms with E-state index in [4.69, 9.17) is 0 Å². The Hall–Kier alpha value is -2.86. The molecule has 3 rings (SSSR count). The van der Waals surface area contributed by atoms with Crippen molar-refractivity contribution in [2.24, 2.45) is 0 Å². The largest absolute Gasteiger partial charge is 0.0563 e. The Labute approximate surface area is 157 Å². The van der Waals surface area contributed by atoms with Gasteiger partial charge >= 0.3 is 0 Å². The quantitative estimate of drug-likeness (QED) is 0.439. The molecule has 0 fully saturated rings. The van der Waals surface area contributed by atoms with Gasteiger partial charge in [-0.15, -0.1) is 0 Å². The Morgan fingerprint density at radius 1 is 0.385 bits per heavy atom. The number of benzene rings is 3. The molecule has 0 radical (unpaired) electrons. The highest BCUT2D eigenvalue weighted by Gasteiger charge is 1.95. The van der Waals surface area contributed by atoms with Gasteiger partial charge in [-0.05, 0) is 49.9 Å². The smallest absolute Gasteiger partial charge is 0.0251 e. The van der Waals surface area contributed by atoms with Crippen LogP contribution in [0.25, 0.3) is 24.3 Å². The first-order valence-corrected chi connectivity index (χ1v) is 9.11. The van der Waals surface area contributed by atoms with E-state index in [2.05, 4.69) is 113 Å². The van der Waals surface area contributed by atoms with Crippen molar-refractivity contribution >= 4 is 24.3 Å². The molecule has 0 nitrogen and oxygen atoms in total. The van der Waals surface area contributed by atoms with Gasteiger partial charge in [-0.2, -0.15) is 0 Å². The van der Waals surface area contributed by atoms with E-state index in [-0.39, 0.29) is 0 Å². The lowest BCUT2D eigenvalue weighted by molar-refractivity contribution is 1.37. The number of hydrogen-bond acceptors (Lipinski definition) is 0. The Morgan fingerprint density at radius 3 is 0.962 bits per heavy atom. The molecule has 0 saturated carbocycles. The molecule has 0 aliphatic rings. The molecular formula is C26H26. The average molecular weight is 338 g/mol. The highest BCUT2D eigenvalue weighted by molar-refractivity contribution is 5.73. The van der Waals surface area contributed by atoms with Crippen molar-refractivity contribution in [1.29, 1.82) is 0 Å². The molecule has 0 saturated heterocycles. The molecule has 0 unspecified atom stereocenters. The molecule has 0 aliphatic carbocycles. The third-order valence-corrected chi connectivity index (χ3v) is 4.36. The summed E-state index contributed by atoms with van der Waals surface area (Å²) >= 11 is 0. The summed E-state index contributed by atoms with van der Waals surface area (Å²) < 4.78 is 0. The Kier molecular flexibility index (Phi) is 5.53. The van der Waals surface area contributed by atoms with Crippen LogP contribution in [0.4, 0.5) is 0 Å². The minimum absolute atomic E-state index is 1.22. The fraction of sp³-hybridized carbons (Fsp3) is 0.154. The van der Waals surface area contributed by atoms with Crippen LogP contribution in [-0.4, -0.2) is 0 Å². The fourth-order valence-electron chi connectivity index (χ4n) is 3.32. The fourth-order valence-corrected chi connectivity index (χ4v) is 3.32. The molecular weight excluding hydrogens is 312 g/mol. The van der Waals surface area contributed by atoms with E-state index < -0.39 is 0 Å². The second kappa shape index (κ2) is 8.01. The average Bonchev–Trinajstić information content (AvgIpc) is 2.57. The highest BCUT2D eigenvalue weighted by Crippen LogP contribution is 2.16. The Balaban J connectivity index is 1.71. The molecule has 0 aromatic heterocycles. The summed E-state index contributed by atoms with van der Waals surface area (Å²) in [5.74, 6) is 0. The second-order valence-corrected chi connectivity index (χ2v) is 7.18. The van der Waals surface area contributed by atoms with Crippen molar-refractivity contribution in [3.8, 4) is 0 Å². The van der Waals surface area contributed by atoms with E-state index in [0.29, 0.717) is 0 Å². The normalized spacial score (nSPS) is 11.5. The van der Waals surface area contributed by atoms with Gasteiger partial charge in [0.05, 0.1) is 0 Å². The van der Waals surface area contributed by atoms with Crippen LogP contribution in [0, 0.1) is 27.7 Å². The van der Waals surface area contributed by atoms with Crippen molar-refractivity contribution in [3.63, 3.8) is 0 Å². The minimum Gasteiger partial charge on any atom is -0.0563 e. The van der Waals surface area contributed by atoms with Gasteiger partial charge in [-0.25, -0.2) is 0 Å². The molecule has 0 amide bonds. The highest BCUT2D eigenvalue weighted by atomic mass is 14.0. The number of aryl methyl sites for hydroxylation is 4. The summed E-state index contributed by atoms with van der Waals surface area (Å²) in [4.78, 5) is 0. The molecule has 0 spiro atoms. The zero-order chi connectivity index (χ0) is 18.5. The van der Waals surface area contributed by atoms with Gasteiger partial charge in [0.1, 0.15) is 0 Å². The molecule has 0 atom stereocenters. The monoisotopic (exact) mass is 338 g/mol. The van der Waals surface area contributed by atoms with Crippen LogP contribution in [0.3, 0.4) is 0 Å². The first kappa shape index (κ1) is 17.9. The lowest BCUT2D eigenvalue weighted by Gasteiger charge is -2.01. The zero-order valence-corrected chi connectivity index (χ0v) is 16.1. The number of hydrogen-bond donors (Lipinski definition) is 0. The van der Waals surface area contributed by atoms with Gasteiger partial charge in [-0.1, -0.05) is 107 Å². The van der Waals surface area contributed by atoms with Gasteiger partial charge in [-0.3, -0.25) is 0 Å². The van der Waals surface area contributed by atoms with Crippen LogP contribution < -0.4 is 0 Å². The summed E-state index contributed by atoms with van der Waals surface area (Å²) in [6.07, 6.45) is 8.71. The SMILES string of the molecule is Cc1cc(C)cc(/C=C/c2ccc(/C=C/c3cc(C)cc(C)c3)cc2)c1. The standard InChI is InChI=1S/C26H26/c1-19-13-20(2)16-25(15-19)11-9-23-5-7-24(8-6-23)10-12-26-17-21(3)14-22(4)18-26/h5-18H,1-4H3/b11-9+,12-10+. The maximum Gasteiger partial charge on any atom is -0.0251 e. The third kappa shape index (κ3) is 5.07. The summed E-state index contributed by atoms with van der Waals surface area (Å²) in [6, 6.07) is 21.9. The van der Waals surface area contributed by atoms with Crippen LogP contribution in [0.1, 0.15) is 44.5 Å².